The van der Waals surface area contributed by atoms with E-state index in [0.717, 1.165) is 24.1 Å². The molecule has 0 aromatic heterocycles. The van der Waals surface area contributed by atoms with E-state index in [0.29, 0.717) is 31.1 Å². The third kappa shape index (κ3) is 3.86. The minimum absolute atomic E-state index is 0.129. The molecule has 3 atom stereocenters. The molecular weight excluding hydrogens is 392 g/mol. The van der Waals surface area contributed by atoms with Gasteiger partial charge in [0, 0.05) is 37.2 Å². The summed E-state index contributed by atoms with van der Waals surface area (Å²) < 4.78 is 0. The van der Waals surface area contributed by atoms with E-state index in [1.807, 2.05) is 24.3 Å². The first kappa shape index (κ1) is 19.9. The predicted octanol–water partition coefficient (Wildman–Crippen LogP) is 1.64. The van der Waals surface area contributed by atoms with E-state index in [9.17, 15) is 14.4 Å². The Morgan fingerprint density at radius 3 is 2.68 bits per heavy atom. The van der Waals surface area contributed by atoms with E-state index in [2.05, 4.69) is 40.2 Å². The van der Waals surface area contributed by atoms with Crippen LogP contribution in [0.15, 0.2) is 48.5 Å². The van der Waals surface area contributed by atoms with Crippen LogP contribution in [0.25, 0.3) is 0 Å². The van der Waals surface area contributed by atoms with Gasteiger partial charge < -0.3 is 15.5 Å². The van der Waals surface area contributed by atoms with Crippen molar-refractivity contribution in [2.24, 2.45) is 0 Å². The van der Waals surface area contributed by atoms with Gasteiger partial charge in [0.1, 0.15) is 6.04 Å². The molecule has 3 aliphatic rings. The fraction of sp³-hybridized carbons (Fsp3) is 0.375. The van der Waals surface area contributed by atoms with E-state index in [1.54, 1.807) is 4.90 Å². The van der Waals surface area contributed by atoms with Crippen molar-refractivity contribution in [1.82, 2.24) is 20.9 Å². The first-order valence-corrected chi connectivity index (χ1v) is 10.9. The second-order valence-electron chi connectivity index (χ2n) is 8.51. The van der Waals surface area contributed by atoms with Crippen molar-refractivity contribution in [3.63, 3.8) is 0 Å². The van der Waals surface area contributed by atoms with Gasteiger partial charge in [0.2, 0.25) is 11.8 Å². The normalized spacial score (nSPS) is 25.6. The monoisotopic (exact) mass is 418 g/mol. The van der Waals surface area contributed by atoms with E-state index < -0.39 is 6.04 Å². The number of amides is 3. The molecule has 0 saturated carbocycles. The van der Waals surface area contributed by atoms with Gasteiger partial charge in [0.15, 0.2) is 0 Å². The van der Waals surface area contributed by atoms with Crippen molar-refractivity contribution in [3.8, 4) is 0 Å². The molecule has 2 aromatic rings. The summed E-state index contributed by atoms with van der Waals surface area (Å²) in [7, 11) is 0. The first-order valence-electron chi connectivity index (χ1n) is 10.9. The van der Waals surface area contributed by atoms with E-state index in [-0.39, 0.29) is 30.2 Å². The number of hydrogen-bond donors (Lipinski definition) is 3. The average Bonchev–Trinajstić information content (AvgIpc) is 3.38. The largest absolute Gasteiger partial charge is 0.322 e. The Hall–Kier alpha value is -3.03. The van der Waals surface area contributed by atoms with Gasteiger partial charge in [-0.1, -0.05) is 42.5 Å². The zero-order valence-electron chi connectivity index (χ0n) is 17.3. The second kappa shape index (κ2) is 8.24. The van der Waals surface area contributed by atoms with Crippen LogP contribution < -0.4 is 16.0 Å². The van der Waals surface area contributed by atoms with Gasteiger partial charge in [-0.05, 0) is 42.1 Å². The maximum atomic E-state index is 13.0. The fourth-order valence-corrected chi connectivity index (χ4v) is 4.89. The van der Waals surface area contributed by atoms with Crippen LogP contribution in [0, 0.1) is 0 Å². The third-order valence-corrected chi connectivity index (χ3v) is 6.54. The number of imide groups is 1. The summed E-state index contributed by atoms with van der Waals surface area (Å²) in [6, 6.07) is 16.5. The van der Waals surface area contributed by atoms with Crippen molar-refractivity contribution >= 4 is 17.7 Å². The molecule has 5 rings (SSSR count). The Morgan fingerprint density at radius 2 is 1.87 bits per heavy atom. The second-order valence-corrected chi connectivity index (χ2v) is 8.51. The summed E-state index contributed by atoms with van der Waals surface area (Å²) >= 11 is 0. The van der Waals surface area contributed by atoms with Crippen molar-refractivity contribution in [2.75, 3.05) is 6.54 Å². The van der Waals surface area contributed by atoms with Crippen LogP contribution in [0.4, 0.5) is 0 Å². The number of carbonyl (C=O) groups is 3. The Labute approximate surface area is 181 Å². The van der Waals surface area contributed by atoms with Crippen molar-refractivity contribution in [3.05, 3.63) is 70.8 Å². The molecule has 3 heterocycles. The van der Waals surface area contributed by atoms with Crippen molar-refractivity contribution in [1.29, 1.82) is 0 Å². The highest BCUT2D eigenvalue weighted by Gasteiger charge is 2.39. The highest BCUT2D eigenvalue weighted by molar-refractivity contribution is 6.05. The molecule has 2 fully saturated rings. The molecule has 0 radical (unpaired) electrons. The lowest BCUT2D eigenvalue weighted by Gasteiger charge is -2.29. The lowest BCUT2D eigenvalue weighted by Crippen LogP contribution is -2.52. The van der Waals surface area contributed by atoms with Gasteiger partial charge in [-0.2, -0.15) is 0 Å². The lowest BCUT2D eigenvalue weighted by atomic mass is 10.00. The van der Waals surface area contributed by atoms with Crippen LogP contribution >= 0.6 is 0 Å². The van der Waals surface area contributed by atoms with Crippen molar-refractivity contribution < 1.29 is 14.4 Å². The van der Waals surface area contributed by atoms with Crippen LogP contribution in [0.3, 0.4) is 0 Å². The Bertz CT molecular complexity index is 1020. The van der Waals surface area contributed by atoms with Crippen LogP contribution in [0.1, 0.15) is 52.4 Å². The molecule has 2 aromatic carbocycles. The maximum Gasteiger partial charge on any atom is 0.255 e. The van der Waals surface area contributed by atoms with Crippen LogP contribution in [-0.4, -0.2) is 41.2 Å². The minimum atomic E-state index is -0.574. The minimum Gasteiger partial charge on any atom is -0.322 e. The quantitative estimate of drug-likeness (QED) is 0.643. The molecule has 3 N–H and O–H groups in total. The van der Waals surface area contributed by atoms with Gasteiger partial charge in [-0.3, -0.25) is 19.7 Å². The fourth-order valence-electron chi connectivity index (χ4n) is 4.89. The molecule has 3 amide bonds. The number of nitrogens with zero attached hydrogens (tertiary/aromatic N) is 1. The Kier molecular flexibility index (Phi) is 5.29. The molecular formula is C24H26N4O3. The van der Waals surface area contributed by atoms with Crippen LogP contribution in [0.5, 0.6) is 0 Å². The number of rotatable bonds is 5. The van der Waals surface area contributed by atoms with Gasteiger partial charge >= 0.3 is 0 Å². The summed E-state index contributed by atoms with van der Waals surface area (Å²) in [4.78, 5) is 38.2. The molecule has 7 nitrogen and oxygen atoms in total. The number of fused-ring (bicyclic) bond motifs is 1. The van der Waals surface area contributed by atoms with E-state index >= 15 is 0 Å². The molecule has 7 heteroatoms. The molecule has 0 aliphatic carbocycles. The Morgan fingerprint density at radius 1 is 1.03 bits per heavy atom. The summed E-state index contributed by atoms with van der Waals surface area (Å²) in [6.07, 6.45) is 1.70. The summed E-state index contributed by atoms with van der Waals surface area (Å²) in [5.41, 5.74) is 3.92. The maximum absolute atomic E-state index is 13.0. The van der Waals surface area contributed by atoms with Gasteiger partial charge in [-0.15, -0.1) is 0 Å². The SMILES string of the molecule is O=C1CCC(N2Cc3ccc(CN[C@@H]4CCN[C@H]4c4ccccc4)cc3C2=O)C(=O)N1. The number of piperidine rings is 1. The van der Waals surface area contributed by atoms with Crippen LogP contribution in [-0.2, 0) is 22.7 Å². The molecule has 160 valence electrons. The molecule has 0 bridgehead atoms. The molecule has 0 spiro atoms. The first-order chi connectivity index (χ1) is 15.1. The van der Waals surface area contributed by atoms with Crippen LogP contribution in [0.2, 0.25) is 0 Å². The summed E-state index contributed by atoms with van der Waals surface area (Å²) in [5.74, 6) is -0.773. The summed E-state index contributed by atoms with van der Waals surface area (Å²) in [5, 5.41) is 9.57. The highest BCUT2D eigenvalue weighted by Crippen LogP contribution is 2.29. The van der Waals surface area contributed by atoms with Crippen molar-refractivity contribution in [2.45, 2.75) is 50.5 Å². The van der Waals surface area contributed by atoms with Gasteiger partial charge in [0.05, 0.1) is 0 Å². The predicted molar refractivity (Wildman–Crippen MR) is 115 cm³/mol. The summed E-state index contributed by atoms with van der Waals surface area (Å²) in [6.45, 7) is 2.06. The van der Waals surface area contributed by atoms with E-state index in [4.69, 9.17) is 0 Å². The average molecular weight is 418 g/mol. The molecule has 3 aliphatic heterocycles. The number of benzene rings is 2. The zero-order valence-corrected chi connectivity index (χ0v) is 17.3. The highest BCUT2D eigenvalue weighted by atomic mass is 16.2. The molecule has 2 saturated heterocycles. The number of hydrogen-bond acceptors (Lipinski definition) is 5. The third-order valence-electron chi connectivity index (χ3n) is 6.54. The number of nitrogens with one attached hydrogen (secondary N) is 3. The smallest absolute Gasteiger partial charge is 0.255 e. The zero-order chi connectivity index (χ0) is 21.4. The topological polar surface area (TPSA) is 90.5 Å². The van der Waals surface area contributed by atoms with Gasteiger partial charge in [-0.25, -0.2) is 0 Å². The molecule has 1 unspecified atom stereocenters. The standard InChI is InChI=1S/C24H26N4O3/c29-21-9-8-20(23(30)27-21)28-14-17-7-6-15(12-18(17)24(28)31)13-26-19-10-11-25-22(19)16-4-2-1-3-5-16/h1-7,12,19-20,22,25-26H,8-11,13-14H2,(H,27,29,30)/t19-,20?,22+/m1/s1. The molecule has 31 heavy (non-hydrogen) atoms. The van der Waals surface area contributed by atoms with E-state index in [1.165, 1.54) is 5.56 Å². The lowest BCUT2D eigenvalue weighted by molar-refractivity contribution is -0.136. The van der Waals surface area contributed by atoms with Gasteiger partial charge in [0.25, 0.3) is 5.91 Å². The number of carbonyl (C=O) groups excluding carboxylic acids is 3. The Balaban J connectivity index is 1.26.